The largest absolute Gasteiger partial charge is 0.370 e. The van der Waals surface area contributed by atoms with Gasteiger partial charge in [0.2, 0.25) is 15.9 Å². The van der Waals surface area contributed by atoms with Crippen LogP contribution in [-0.4, -0.2) is 62.1 Å². The molecule has 4 rings (SSSR count). The van der Waals surface area contributed by atoms with Crippen molar-refractivity contribution in [3.8, 4) is 0 Å². The quantitative estimate of drug-likeness (QED) is 0.598. The number of amides is 1. The number of carbonyl (C=O) groups is 2. The zero-order chi connectivity index (χ0) is 23.6. The van der Waals surface area contributed by atoms with E-state index in [1.165, 1.54) is 35.5 Å². The van der Waals surface area contributed by atoms with Gasteiger partial charge in [-0.15, -0.1) is 0 Å². The fraction of sp³-hybridized carbons (Fsp3) is 0.417. The van der Waals surface area contributed by atoms with Crippen LogP contribution >= 0.6 is 11.6 Å². The maximum absolute atomic E-state index is 13.2. The van der Waals surface area contributed by atoms with Crippen molar-refractivity contribution in [1.29, 1.82) is 0 Å². The van der Waals surface area contributed by atoms with E-state index in [1.54, 1.807) is 0 Å². The van der Waals surface area contributed by atoms with E-state index in [-0.39, 0.29) is 41.7 Å². The van der Waals surface area contributed by atoms with Crippen molar-refractivity contribution in [2.75, 3.05) is 32.8 Å². The average molecular weight is 491 g/mol. The lowest BCUT2D eigenvalue weighted by Crippen LogP contribution is -2.48. The summed E-state index contributed by atoms with van der Waals surface area (Å²) < 4.78 is 33.3. The zero-order valence-corrected chi connectivity index (χ0v) is 20.0. The van der Waals surface area contributed by atoms with Crippen molar-refractivity contribution < 1.29 is 22.7 Å². The van der Waals surface area contributed by atoms with E-state index in [0.717, 1.165) is 5.56 Å². The van der Waals surface area contributed by atoms with E-state index < -0.39 is 10.0 Å². The second kappa shape index (κ2) is 9.93. The highest BCUT2D eigenvalue weighted by Gasteiger charge is 2.35. The second-order valence-electron chi connectivity index (χ2n) is 8.45. The third kappa shape index (κ3) is 5.30. The molecule has 2 fully saturated rings. The first-order valence-electron chi connectivity index (χ1n) is 11.0. The SMILES string of the molecule is CC(=O)c1ccc(S(=O)(=O)N2CCC(C(=O)N3CCOC(c4ccc(Cl)cc4)C3)CC2)cc1. The monoisotopic (exact) mass is 490 g/mol. The molecule has 2 aliphatic rings. The molecule has 0 bridgehead atoms. The first kappa shape index (κ1) is 23.9. The van der Waals surface area contributed by atoms with Gasteiger partial charge >= 0.3 is 0 Å². The molecule has 1 atom stereocenters. The molecular weight excluding hydrogens is 464 g/mol. The molecule has 2 aromatic carbocycles. The molecule has 2 saturated heterocycles. The molecule has 2 aromatic rings. The smallest absolute Gasteiger partial charge is 0.243 e. The predicted octanol–water partition coefficient (Wildman–Crippen LogP) is 3.54. The van der Waals surface area contributed by atoms with Gasteiger partial charge in [-0.05, 0) is 49.6 Å². The van der Waals surface area contributed by atoms with Crippen LogP contribution in [-0.2, 0) is 19.6 Å². The Kier molecular flexibility index (Phi) is 7.19. The number of benzene rings is 2. The van der Waals surface area contributed by atoms with Gasteiger partial charge in [0.1, 0.15) is 6.10 Å². The molecule has 7 nitrogen and oxygen atoms in total. The summed E-state index contributed by atoms with van der Waals surface area (Å²) in [5.41, 5.74) is 1.45. The van der Waals surface area contributed by atoms with Gasteiger partial charge in [-0.2, -0.15) is 4.31 Å². The van der Waals surface area contributed by atoms with Crippen molar-refractivity contribution in [3.05, 3.63) is 64.7 Å². The van der Waals surface area contributed by atoms with Gasteiger partial charge in [0.25, 0.3) is 0 Å². The number of Topliss-reactive ketones (excluding diaryl/α,β-unsaturated/α-hetero) is 1. The Bertz CT molecular complexity index is 1110. The van der Waals surface area contributed by atoms with Crippen LogP contribution in [0, 0.1) is 5.92 Å². The first-order chi connectivity index (χ1) is 15.8. The van der Waals surface area contributed by atoms with Crippen LogP contribution in [0.4, 0.5) is 0 Å². The molecule has 33 heavy (non-hydrogen) atoms. The van der Waals surface area contributed by atoms with E-state index in [1.807, 2.05) is 29.2 Å². The molecule has 0 N–H and O–H groups in total. The lowest BCUT2D eigenvalue weighted by atomic mass is 9.96. The number of ether oxygens (including phenoxy) is 1. The van der Waals surface area contributed by atoms with E-state index in [2.05, 4.69) is 0 Å². The van der Waals surface area contributed by atoms with Crippen molar-refractivity contribution in [1.82, 2.24) is 9.21 Å². The molecule has 9 heteroatoms. The molecule has 0 saturated carbocycles. The Hall–Kier alpha value is -2.26. The molecule has 1 unspecified atom stereocenters. The summed E-state index contributed by atoms with van der Waals surface area (Å²) in [5, 5.41) is 0.652. The molecule has 176 valence electrons. The van der Waals surface area contributed by atoms with Gasteiger partial charge < -0.3 is 9.64 Å². The Morgan fingerprint density at radius 2 is 1.61 bits per heavy atom. The topological polar surface area (TPSA) is 84.0 Å². The highest BCUT2D eigenvalue weighted by Crippen LogP contribution is 2.28. The summed E-state index contributed by atoms with van der Waals surface area (Å²) in [4.78, 5) is 26.6. The van der Waals surface area contributed by atoms with Crippen molar-refractivity contribution in [2.45, 2.75) is 30.8 Å². The number of nitrogens with zero attached hydrogens (tertiary/aromatic N) is 2. The van der Waals surface area contributed by atoms with Crippen LogP contribution in [0.5, 0.6) is 0 Å². The Labute approximate surface area is 199 Å². The van der Waals surface area contributed by atoms with Crippen LogP contribution in [0.3, 0.4) is 0 Å². The predicted molar refractivity (Wildman–Crippen MR) is 125 cm³/mol. The number of hydrogen-bond acceptors (Lipinski definition) is 5. The van der Waals surface area contributed by atoms with E-state index in [9.17, 15) is 18.0 Å². The second-order valence-corrected chi connectivity index (χ2v) is 10.8. The molecule has 0 aromatic heterocycles. The van der Waals surface area contributed by atoms with E-state index in [4.69, 9.17) is 16.3 Å². The standard InChI is InChI=1S/C24H27ClN2O5S/c1-17(28)18-4-8-22(9-5-18)33(30,31)27-12-10-20(11-13-27)24(29)26-14-15-32-23(16-26)19-2-6-21(25)7-3-19/h2-9,20,23H,10-16H2,1H3. The highest BCUT2D eigenvalue weighted by molar-refractivity contribution is 7.89. The summed E-state index contributed by atoms with van der Waals surface area (Å²) in [5.74, 6) is -0.264. The molecule has 2 heterocycles. The zero-order valence-electron chi connectivity index (χ0n) is 18.4. The number of piperidine rings is 1. The summed E-state index contributed by atoms with van der Waals surface area (Å²) >= 11 is 5.97. The minimum absolute atomic E-state index is 0.0557. The number of morpholine rings is 1. The molecule has 0 spiro atoms. The third-order valence-corrected chi connectivity index (χ3v) is 8.49. The number of rotatable bonds is 5. The number of hydrogen-bond donors (Lipinski definition) is 0. The molecule has 0 aliphatic carbocycles. The fourth-order valence-corrected chi connectivity index (χ4v) is 5.94. The Morgan fingerprint density at radius 3 is 2.21 bits per heavy atom. The summed E-state index contributed by atoms with van der Waals surface area (Å²) in [6, 6.07) is 13.4. The number of carbonyl (C=O) groups excluding carboxylic acids is 2. The van der Waals surface area contributed by atoms with Gasteiger partial charge in [-0.3, -0.25) is 9.59 Å². The Morgan fingerprint density at radius 1 is 0.970 bits per heavy atom. The minimum Gasteiger partial charge on any atom is -0.370 e. The fourth-order valence-electron chi connectivity index (χ4n) is 4.34. The van der Waals surface area contributed by atoms with Gasteiger partial charge in [-0.1, -0.05) is 35.9 Å². The minimum atomic E-state index is -3.66. The summed E-state index contributed by atoms with van der Waals surface area (Å²) in [6.45, 7) is 3.49. The molecule has 2 aliphatic heterocycles. The van der Waals surface area contributed by atoms with Crippen molar-refractivity contribution in [3.63, 3.8) is 0 Å². The Balaban J connectivity index is 1.36. The summed E-state index contributed by atoms with van der Waals surface area (Å²) in [7, 11) is -3.66. The van der Waals surface area contributed by atoms with Crippen molar-refractivity contribution >= 4 is 33.3 Å². The van der Waals surface area contributed by atoms with Gasteiger partial charge in [-0.25, -0.2) is 8.42 Å². The van der Waals surface area contributed by atoms with Gasteiger partial charge in [0.05, 0.1) is 18.0 Å². The maximum atomic E-state index is 13.2. The first-order valence-corrected chi connectivity index (χ1v) is 12.8. The average Bonchev–Trinajstić information content (AvgIpc) is 2.84. The van der Waals surface area contributed by atoms with E-state index in [0.29, 0.717) is 43.1 Å². The molecule has 0 radical (unpaired) electrons. The molecule has 1 amide bonds. The van der Waals surface area contributed by atoms with E-state index >= 15 is 0 Å². The third-order valence-electron chi connectivity index (χ3n) is 6.32. The number of sulfonamides is 1. The number of halogens is 1. The summed E-state index contributed by atoms with van der Waals surface area (Å²) in [6.07, 6.45) is 0.762. The normalized spacial score (nSPS) is 20.5. The lowest BCUT2D eigenvalue weighted by Gasteiger charge is -2.37. The van der Waals surface area contributed by atoms with Crippen LogP contribution in [0.2, 0.25) is 5.02 Å². The van der Waals surface area contributed by atoms with Crippen molar-refractivity contribution in [2.24, 2.45) is 5.92 Å². The van der Waals surface area contributed by atoms with Crippen LogP contribution in [0.15, 0.2) is 53.4 Å². The van der Waals surface area contributed by atoms with Crippen LogP contribution in [0.1, 0.15) is 41.8 Å². The molecular formula is C24H27ClN2O5S. The van der Waals surface area contributed by atoms with Crippen LogP contribution in [0.25, 0.3) is 0 Å². The number of ketones is 1. The van der Waals surface area contributed by atoms with Gasteiger partial charge in [0.15, 0.2) is 5.78 Å². The lowest BCUT2D eigenvalue weighted by molar-refractivity contribution is -0.144. The van der Waals surface area contributed by atoms with Crippen LogP contribution < -0.4 is 0 Å². The maximum Gasteiger partial charge on any atom is 0.243 e. The highest BCUT2D eigenvalue weighted by atomic mass is 35.5. The van der Waals surface area contributed by atoms with Gasteiger partial charge in [0, 0.05) is 36.1 Å².